The Hall–Kier alpha value is -0.860. The van der Waals surface area contributed by atoms with E-state index in [9.17, 15) is 9.59 Å². The zero-order valence-corrected chi connectivity index (χ0v) is 6.91. The molecule has 66 valence electrons. The molecule has 1 heterocycles. The Balaban J connectivity index is 2.10. The summed E-state index contributed by atoms with van der Waals surface area (Å²) in [5.41, 5.74) is 0. The van der Waals surface area contributed by atoms with Crippen LogP contribution < -0.4 is 0 Å². The maximum Gasteiger partial charge on any atom is 0.306 e. The second kappa shape index (κ2) is 2.88. The number of fused-ring (bicyclic) bond motifs is 2. The molecule has 1 aliphatic heterocycles. The Morgan fingerprint density at radius 3 is 2.92 bits per heavy atom. The summed E-state index contributed by atoms with van der Waals surface area (Å²) in [5, 5.41) is 0. The van der Waals surface area contributed by atoms with Gasteiger partial charge in [-0.3, -0.25) is 9.59 Å². The SMILES string of the molecule is O=C1C[C@H]2CCC(=O)O[C@@H](C1)C2. The second-order valence-corrected chi connectivity index (χ2v) is 3.70. The first-order valence-corrected chi connectivity index (χ1v) is 4.45. The highest BCUT2D eigenvalue weighted by molar-refractivity contribution is 5.81. The Morgan fingerprint density at radius 2 is 2.08 bits per heavy atom. The van der Waals surface area contributed by atoms with E-state index in [1.54, 1.807) is 0 Å². The molecule has 0 unspecified atom stereocenters. The van der Waals surface area contributed by atoms with Gasteiger partial charge in [0.1, 0.15) is 11.9 Å². The molecule has 0 aromatic carbocycles. The van der Waals surface area contributed by atoms with E-state index in [4.69, 9.17) is 4.74 Å². The highest BCUT2D eigenvalue weighted by Gasteiger charge is 2.32. The average molecular weight is 168 g/mol. The minimum absolute atomic E-state index is 0.105. The van der Waals surface area contributed by atoms with E-state index in [1.807, 2.05) is 0 Å². The monoisotopic (exact) mass is 168 g/mol. The van der Waals surface area contributed by atoms with Crippen LogP contribution in [-0.2, 0) is 14.3 Å². The minimum atomic E-state index is -0.128. The van der Waals surface area contributed by atoms with Crippen LogP contribution in [0.15, 0.2) is 0 Å². The third-order valence-corrected chi connectivity index (χ3v) is 2.62. The van der Waals surface area contributed by atoms with Crippen LogP contribution in [0.3, 0.4) is 0 Å². The van der Waals surface area contributed by atoms with E-state index in [0.717, 1.165) is 12.8 Å². The molecule has 0 radical (unpaired) electrons. The molecule has 0 aromatic rings. The van der Waals surface area contributed by atoms with Crippen molar-refractivity contribution in [3.05, 3.63) is 0 Å². The lowest BCUT2D eigenvalue weighted by Gasteiger charge is -2.23. The van der Waals surface area contributed by atoms with Crippen LogP contribution in [0.2, 0.25) is 0 Å². The largest absolute Gasteiger partial charge is 0.462 e. The molecule has 2 bridgehead atoms. The predicted molar refractivity (Wildman–Crippen MR) is 41.5 cm³/mol. The number of Topliss-reactive ketones (excluding diaryl/α,β-unsaturated/α-hetero) is 1. The maximum atomic E-state index is 11.1. The molecule has 1 aliphatic carbocycles. The van der Waals surface area contributed by atoms with Gasteiger partial charge in [0.2, 0.25) is 0 Å². The van der Waals surface area contributed by atoms with Crippen LogP contribution in [0.1, 0.15) is 32.1 Å². The number of rotatable bonds is 0. The molecule has 2 aliphatic rings. The van der Waals surface area contributed by atoms with Gasteiger partial charge in [0.25, 0.3) is 0 Å². The summed E-state index contributed by atoms with van der Waals surface area (Å²) in [7, 11) is 0. The highest BCUT2D eigenvalue weighted by Crippen LogP contribution is 2.30. The lowest BCUT2D eigenvalue weighted by atomic mass is 9.84. The summed E-state index contributed by atoms with van der Waals surface area (Å²) >= 11 is 0. The quantitative estimate of drug-likeness (QED) is 0.508. The number of carbonyl (C=O) groups excluding carboxylic acids is 2. The molecule has 0 spiro atoms. The topological polar surface area (TPSA) is 43.4 Å². The van der Waals surface area contributed by atoms with E-state index in [1.165, 1.54) is 0 Å². The number of ether oxygens (including phenoxy) is 1. The normalized spacial score (nSPS) is 35.7. The molecule has 12 heavy (non-hydrogen) atoms. The molecule has 1 saturated heterocycles. The third-order valence-electron chi connectivity index (χ3n) is 2.62. The lowest BCUT2D eigenvalue weighted by molar-refractivity contribution is -0.149. The molecule has 2 fully saturated rings. The first-order valence-electron chi connectivity index (χ1n) is 4.45. The first kappa shape index (κ1) is 7.77. The smallest absolute Gasteiger partial charge is 0.306 e. The fourth-order valence-electron chi connectivity index (χ4n) is 2.07. The second-order valence-electron chi connectivity index (χ2n) is 3.70. The van der Waals surface area contributed by atoms with Crippen molar-refractivity contribution in [1.82, 2.24) is 0 Å². The van der Waals surface area contributed by atoms with Crippen molar-refractivity contribution in [2.24, 2.45) is 5.92 Å². The average Bonchev–Trinajstić information content (AvgIpc) is 2.10. The van der Waals surface area contributed by atoms with Gasteiger partial charge < -0.3 is 4.74 Å². The molecule has 2 rings (SSSR count). The van der Waals surface area contributed by atoms with Crippen molar-refractivity contribution in [2.75, 3.05) is 0 Å². The van der Waals surface area contributed by atoms with Gasteiger partial charge in [-0.15, -0.1) is 0 Å². The van der Waals surface area contributed by atoms with Gasteiger partial charge in [-0.05, 0) is 18.8 Å². The highest BCUT2D eigenvalue weighted by atomic mass is 16.5. The maximum absolute atomic E-state index is 11.1. The van der Waals surface area contributed by atoms with Gasteiger partial charge >= 0.3 is 5.97 Å². The lowest BCUT2D eigenvalue weighted by Crippen LogP contribution is -2.27. The molecule has 0 N–H and O–H groups in total. The fraction of sp³-hybridized carbons (Fsp3) is 0.778. The Kier molecular flexibility index (Phi) is 1.87. The van der Waals surface area contributed by atoms with Crippen molar-refractivity contribution < 1.29 is 14.3 Å². The van der Waals surface area contributed by atoms with Gasteiger partial charge in [0, 0.05) is 19.3 Å². The molecular formula is C9H12O3. The van der Waals surface area contributed by atoms with Crippen molar-refractivity contribution in [1.29, 1.82) is 0 Å². The van der Waals surface area contributed by atoms with Crippen molar-refractivity contribution in [3.8, 4) is 0 Å². The van der Waals surface area contributed by atoms with Crippen LogP contribution in [0.25, 0.3) is 0 Å². The van der Waals surface area contributed by atoms with E-state index < -0.39 is 0 Å². The van der Waals surface area contributed by atoms with E-state index in [0.29, 0.717) is 25.2 Å². The summed E-state index contributed by atoms with van der Waals surface area (Å²) in [6.07, 6.45) is 3.23. The summed E-state index contributed by atoms with van der Waals surface area (Å²) in [6.45, 7) is 0. The molecule has 2 atom stereocenters. The summed E-state index contributed by atoms with van der Waals surface area (Å²) in [4.78, 5) is 22.1. The van der Waals surface area contributed by atoms with E-state index >= 15 is 0 Å². The van der Waals surface area contributed by atoms with Crippen molar-refractivity contribution in [3.63, 3.8) is 0 Å². The predicted octanol–water partition coefficient (Wildman–Crippen LogP) is 1.06. The van der Waals surface area contributed by atoms with Crippen LogP contribution in [0.5, 0.6) is 0 Å². The summed E-state index contributed by atoms with van der Waals surface area (Å²) in [5.74, 6) is 0.533. The van der Waals surface area contributed by atoms with Crippen LogP contribution >= 0.6 is 0 Å². The van der Waals surface area contributed by atoms with Crippen LogP contribution in [-0.4, -0.2) is 17.9 Å². The van der Waals surface area contributed by atoms with Crippen molar-refractivity contribution >= 4 is 11.8 Å². The van der Waals surface area contributed by atoms with Crippen LogP contribution in [0, 0.1) is 5.92 Å². The first-order chi connectivity index (χ1) is 5.74. The molecule has 0 amide bonds. The van der Waals surface area contributed by atoms with Crippen LogP contribution in [0.4, 0.5) is 0 Å². The van der Waals surface area contributed by atoms with Gasteiger partial charge in [-0.25, -0.2) is 0 Å². The summed E-state index contributed by atoms with van der Waals surface area (Å²) < 4.78 is 5.09. The van der Waals surface area contributed by atoms with Crippen molar-refractivity contribution in [2.45, 2.75) is 38.2 Å². The number of ketones is 1. The fourth-order valence-corrected chi connectivity index (χ4v) is 2.07. The number of esters is 1. The zero-order valence-electron chi connectivity index (χ0n) is 6.91. The zero-order chi connectivity index (χ0) is 8.55. The number of hydrogen-bond acceptors (Lipinski definition) is 3. The van der Waals surface area contributed by atoms with E-state index in [2.05, 4.69) is 0 Å². The van der Waals surface area contributed by atoms with E-state index in [-0.39, 0.29) is 17.9 Å². The minimum Gasteiger partial charge on any atom is -0.462 e. The molecular weight excluding hydrogens is 156 g/mol. The third kappa shape index (κ3) is 1.49. The van der Waals surface area contributed by atoms with Gasteiger partial charge in [0.15, 0.2) is 0 Å². The molecule has 3 heteroatoms. The molecule has 1 saturated carbocycles. The standard InChI is InChI=1S/C9H12O3/c10-7-3-6-1-2-9(11)12-8(4-6)5-7/h6,8H,1-5H2/t6-,8-/m1/s1. The molecule has 3 nitrogen and oxygen atoms in total. The molecule has 0 aromatic heterocycles. The summed E-state index contributed by atoms with van der Waals surface area (Å²) in [6, 6.07) is 0. The van der Waals surface area contributed by atoms with Gasteiger partial charge in [-0.1, -0.05) is 0 Å². The van der Waals surface area contributed by atoms with Gasteiger partial charge in [-0.2, -0.15) is 0 Å². The Labute approximate surface area is 71.1 Å². The van der Waals surface area contributed by atoms with Gasteiger partial charge in [0.05, 0.1) is 0 Å². The Morgan fingerprint density at radius 1 is 1.25 bits per heavy atom. The number of hydrogen-bond donors (Lipinski definition) is 0. The number of carbonyl (C=O) groups is 2. The Bertz CT molecular complexity index is 220.